The number of piperidine rings is 1. The Balaban J connectivity index is 1.50. The number of hydrogen-bond acceptors (Lipinski definition) is 8. The third-order valence-corrected chi connectivity index (χ3v) is 6.34. The number of nitrogens with one attached hydrogen (secondary N) is 1. The number of aryl methyl sites for hydroxylation is 1. The van der Waals surface area contributed by atoms with Gasteiger partial charge in [-0.15, -0.1) is 5.10 Å². The smallest absolute Gasteiger partial charge is 0.336 e. The van der Waals surface area contributed by atoms with Crippen molar-refractivity contribution in [1.29, 1.82) is 0 Å². The number of ether oxygens (including phenoxy) is 1. The molecular formula is C24H36N8O. The summed E-state index contributed by atoms with van der Waals surface area (Å²) in [5.74, 6) is 2.17. The molecule has 1 fully saturated rings. The van der Waals surface area contributed by atoms with Crippen LogP contribution in [-0.4, -0.2) is 57.4 Å². The largest absolute Gasteiger partial charge is 0.459 e. The fourth-order valence-electron chi connectivity index (χ4n) is 4.64. The number of hydrogen-bond donors (Lipinski definition) is 2. The van der Waals surface area contributed by atoms with E-state index in [4.69, 9.17) is 15.5 Å². The molecule has 1 saturated heterocycles. The molecule has 3 aromatic rings. The van der Waals surface area contributed by atoms with Crippen molar-refractivity contribution in [2.24, 2.45) is 5.92 Å². The maximum Gasteiger partial charge on any atom is 0.336 e. The lowest BCUT2D eigenvalue weighted by atomic mass is 9.96. The first kappa shape index (κ1) is 23.2. The average Bonchev–Trinajstić information content (AvgIpc) is 3.18. The maximum absolute atomic E-state index is 6.13. The number of nitrogen functional groups attached to an aromatic ring is 1. The second-order valence-corrected chi connectivity index (χ2v) is 9.13. The fraction of sp³-hybridized carbons (Fsp3) is 0.583. The van der Waals surface area contributed by atoms with Gasteiger partial charge in [0.15, 0.2) is 11.5 Å². The molecule has 0 bridgehead atoms. The third kappa shape index (κ3) is 5.35. The molecule has 33 heavy (non-hydrogen) atoms. The number of pyridine rings is 1. The number of fused-ring (bicyclic) bond motifs is 1. The minimum Gasteiger partial charge on any atom is -0.459 e. The van der Waals surface area contributed by atoms with Crippen LogP contribution < -0.4 is 20.7 Å². The van der Waals surface area contributed by atoms with Gasteiger partial charge in [-0.05, 0) is 63.7 Å². The topological polar surface area (TPSA) is 106 Å². The molecule has 9 nitrogen and oxygen atoms in total. The molecule has 1 unspecified atom stereocenters. The Morgan fingerprint density at radius 1 is 1.24 bits per heavy atom. The highest BCUT2D eigenvalue weighted by molar-refractivity contribution is 5.60. The molecule has 0 aliphatic carbocycles. The molecule has 0 spiro atoms. The van der Waals surface area contributed by atoms with E-state index in [1.54, 1.807) is 10.7 Å². The van der Waals surface area contributed by atoms with Gasteiger partial charge >= 0.3 is 6.01 Å². The van der Waals surface area contributed by atoms with Gasteiger partial charge in [0.05, 0.1) is 18.0 Å². The quantitative estimate of drug-likeness (QED) is 0.510. The van der Waals surface area contributed by atoms with E-state index >= 15 is 0 Å². The van der Waals surface area contributed by atoms with Crippen LogP contribution in [0.25, 0.3) is 5.65 Å². The van der Waals surface area contributed by atoms with Gasteiger partial charge in [-0.1, -0.05) is 19.4 Å². The summed E-state index contributed by atoms with van der Waals surface area (Å²) >= 11 is 0. The van der Waals surface area contributed by atoms with Crippen LogP contribution in [0.15, 0.2) is 18.5 Å². The van der Waals surface area contributed by atoms with Crippen molar-refractivity contribution in [3.63, 3.8) is 0 Å². The van der Waals surface area contributed by atoms with Crippen LogP contribution in [0, 0.1) is 12.8 Å². The highest BCUT2D eigenvalue weighted by Gasteiger charge is 2.21. The second-order valence-electron chi connectivity index (χ2n) is 9.13. The lowest BCUT2D eigenvalue weighted by Crippen LogP contribution is -2.37. The number of rotatable bonds is 9. The third-order valence-electron chi connectivity index (χ3n) is 6.34. The zero-order valence-electron chi connectivity index (χ0n) is 20.2. The van der Waals surface area contributed by atoms with E-state index in [0.717, 1.165) is 55.5 Å². The molecule has 9 heteroatoms. The standard InChI is InChI=1S/C24H36N8O/c1-5-6-17(3)33-24-29-21(25)23-28-15-20(32(23)30-24)12-19-11-16(2)22(27-14-19)31-9-7-18(8-10-31)13-26-4/h11,14-15,17-18,26H,5-10,12-13H2,1-4H3,(H2,25,29,30). The lowest BCUT2D eigenvalue weighted by molar-refractivity contribution is 0.189. The second kappa shape index (κ2) is 10.3. The molecule has 1 atom stereocenters. The van der Waals surface area contributed by atoms with E-state index < -0.39 is 0 Å². The van der Waals surface area contributed by atoms with E-state index in [9.17, 15) is 0 Å². The van der Waals surface area contributed by atoms with Gasteiger partial charge in [0.2, 0.25) is 0 Å². The maximum atomic E-state index is 6.13. The van der Waals surface area contributed by atoms with Crippen molar-refractivity contribution in [3.8, 4) is 6.01 Å². The molecule has 0 amide bonds. The average molecular weight is 453 g/mol. The van der Waals surface area contributed by atoms with E-state index in [1.807, 2.05) is 20.2 Å². The fourth-order valence-corrected chi connectivity index (χ4v) is 4.64. The van der Waals surface area contributed by atoms with Gasteiger partial charge in [0.1, 0.15) is 5.82 Å². The van der Waals surface area contributed by atoms with Crippen LogP contribution >= 0.6 is 0 Å². The monoisotopic (exact) mass is 452 g/mol. The first-order chi connectivity index (χ1) is 16.0. The molecule has 3 N–H and O–H groups in total. The highest BCUT2D eigenvalue weighted by Crippen LogP contribution is 2.25. The summed E-state index contributed by atoms with van der Waals surface area (Å²) in [5.41, 5.74) is 9.91. The number of anilines is 2. The van der Waals surface area contributed by atoms with E-state index in [-0.39, 0.29) is 12.1 Å². The predicted octanol–water partition coefficient (Wildman–Crippen LogP) is 3.00. The number of nitrogens with two attached hydrogens (primary N) is 1. The Morgan fingerprint density at radius 3 is 2.73 bits per heavy atom. The van der Waals surface area contributed by atoms with Crippen LogP contribution in [0.3, 0.4) is 0 Å². The molecule has 1 aliphatic rings. The van der Waals surface area contributed by atoms with Crippen molar-refractivity contribution in [2.45, 2.75) is 59.0 Å². The van der Waals surface area contributed by atoms with Crippen LogP contribution in [0.1, 0.15) is 56.4 Å². The van der Waals surface area contributed by atoms with Gasteiger partial charge in [-0.3, -0.25) is 0 Å². The predicted molar refractivity (Wildman–Crippen MR) is 131 cm³/mol. The van der Waals surface area contributed by atoms with Gasteiger partial charge in [0.25, 0.3) is 0 Å². The summed E-state index contributed by atoms with van der Waals surface area (Å²) in [6.45, 7) is 9.49. The number of imidazole rings is 1. The Kier molecular flexibility index (Phi) is 7.27. The first-order valence-corrected chi connectivity index (χ1v) is 12.0. The Morgan fingerprint density at radius 2 is 2.03 bits per heavy atom. The van der Waals surface area contributed by atoms with Crippen molar-refractivity contribution in [1.82, 2.24) is 29.9 Å². The summed E-state index contributed by atoms with van der Waals surface area (Å²) in [7, 11) is 2.03. The van der Waals surface area contributed by atoms with E-state index in [2.05, 4.69) is 45.2 Å². The molecule has 0 saturated carbocycles. The Bertz CT molecular complexity index is 1070. The summed E-state index contributed by atoms with van der Waals surface area (Å²) < 4.78 is 7.61. The minimum atomic E-state index is 0.0292. The zero-order valence-corrected chi connectivity index (χ0v) is 20.2. The lowest BCUT2D eigenvalue weighted by Gasteiger charge is -2.33. The van der Waals surface area contributed by atoms with Crippen molar-refractivity contribution >= 4 is 17.3 Å². The summed E-state index contributed by atoms with van der Waals surface area (Å²) in [6, 6.07) is 2.50. The molecule has 0 aromatic carbocycles. The normalized spacial score (nSPS) is 15.8. The molecule has 3 aromatic heterocycles. The van der Waals surface area contributed by atoms with E-state index in [0.29, 0.717) is 17.9 Å². The summed E-state index contributed by atoms with van der Waals surface area (Å²) in [4.78, 5) is 15.9. The van der Waals surface area contributed by atoms with Crippen LogP contribution in [0.2, 0.25) is 0 Å². The Hall–Kier alpha value is -2.94. The van der Waals surface area contributed by atoms with Crippen LogP contribution in [0.4, 0.5) is 11.6 Å². The highest BCUT2D eigenvalue weighted by atomic mass is 16.5. The molecule has 4 heterocycles. The molecule has 1 aliphatic heterocycles. The van der Waals surface area contributed by atoms with Gasteiger partial charge < -0.3 is 20.7 Å². The molecule has 4 rings (SSSR count). The van der Waals surface area contributed by atoms with Gasteiger partial charge in [-0.2, -0.15) is 4.98 Å². The van der Waals surface area contributed by atoms with Gasteiger partial charge in [0, 0.05) is 25.7 Å². The summed E-state index contributed by atoms with van der Waals surface area (Å²) in [6.07, 6.45) is 8.82. The van der Waals surface area contributed by atoms with E-state index in [1.165, 1.54) is 18.4 Å². The zero-order chi connectivity index (χ0) is 23.4. The van der Waals surface area contributed by atoms with Crippen LogP contribution in [-0.2, 0) is 6.42 Å². The first-order valence-electron chi connectivity index (χ1n) is 12.0. The number of nitrogens with zero attached hydrogens (tertiary/aromatic N) is 6. The minimum absolute atomic E-state index is 0.0292. The van der Waals surface area contributed by atoms with Crippen molar-refractivity contribution in [3.05, 3.63) is 35.3 Å². The molecule has 0 radical (unpaired) electrons. The Labute approximate surface area is 195 Å². The SMILES string of the molecule is CCCC(C)Oc1nc(N)c2ncc(Cc3cnc(N4CCC(CNC)CC4)c(C)c3)n2n1. The van der Waals surface area contributed by atoms with Gasteiger partial charge in [-0.25, -0.2) is 14.5 Å². The molecule has 178 valence electrons. The number of aromatic nitrogens is 5. The van der Waals surface area contributed by atoms with Crippen LogP contribution in [0.5, 0.6) is 6.01 Å². The molecular weight excluding hydrogens is 416 g/mol. The van der Waals surface area contributed by atoms with Crippen molar-refractivity contribution in [2.75, 3.05) is 37.3 Å². The summed E-state index contributed by atoms with van der Waals surface area (Å²) in [5, 5.41) is 7.86. The van der Waals surface area contributed by atoms with Crippen molar-refractivity contribution < 1.29 is 4.74 Å².